The van der Waals surface area contributed by atoms with Gasteiger partial charge in [-0.3, -0.25) is 4.79 Å². The zero-order chi connectivity index (χ0) is 21.7. The van der Waals surface area contributed by atoms with Crippen molar-refractivity contribution in [3.8, 4) is 6.07 Å². The molecule has 3 aromatic rings. The summed E-state index contributed by atoms with van der Waals surface area (Å²) in [6, 6.07) is 5.05. The minimum atomic E-state index is 0.0931. The maximum atomic E-state index is 13.1. The van der Waals surface area contributed by atoms with Gasteiger partial charge in [0.1, 0.15) is 17.0 Å². The van der Waals surface area contributed by atoms with Gasteiger partial charge >= 0.3 is 0 Å². The molecule has 0 saturated heterocycles. The van der Waals surface area contributed by atoms with Crippen molar-refractivity contribution in [2.75, 3.05) is 0 Å². The molecule has 3 aliphatic carbocycles. The molecule has 6 rings (SSSR count). The number of nitriles is 1. The standard InChI is InChI=1S/C25H30N6O/c26-9-7-15-2-5-18(6-3-15)31-22(13-23(32)30-20-12-16-1-4-17(20)11-16)29-21-14-28-25-19(24(21)31)8-10-27-25/h8,10,14-18,20H,1-7,11-13H2,(H,27,28)(H,30,32)/t15-,16-,17+,18-,20?/m1/s1. The summed E-state index contributed by atoms with van der Waals surface area (Å²) in [5.41, 5.74) is 2.80. The molecule has 32 heavy (non-hydrogen) atoms. The first kappa shape index (κ1) is 19.8. The van der Waals surface area contributed by atoms with Gasteiger partial charge in [-0.05, 0) is 68.8 Å². The van der Waals surface area contributed by atoms with Crippen LogP contribution in [0.2, 0.25) is 0 Å². The third kappa shape index (κ3) is 3.37. The largest absolute Gasteiger partial charge is 0.353 e. The van der Waals surface area contributed by atoms with Crippen molar-refractivity contribution in [3.05, 3.63) is 24.3 Å². The van der Waals surface area contributed by atoms with Crippen LogP contribution in [0.25, 0.3) is 22.1 Å². The molecule has 3 atom stereocenters. The Morgan fingerprint density at radius 2 is 2.09 bits per heavy atom. The minimum absolute atomic E-state index is 0.0931. The third-order valence-corrected chi connectivity index (χ3v) is 8.27. The Morgan fingerprint density at radius 3 is 2.84 bits per heavy atom. The molecule has 3 heterocycles. The number of amides is 1. The molecule has 3 aliphatic rings. The summed E-state index contributed by atoms with van der Waals surface area (Å²) in [7, 11) is 0. The normalized spacial score (nSPS) is 29.5. The maximum absolute atomic E-state index is 13.1. The van der Waals surface area contributed by atoms with Crippen LogP contribution < -0.4 is 5.32 Å². The van der Waals surface area contributed by atoms with Crippen LogP contribution in [0.1, 0.15) is 69.7 Å². The number of aromatic amines is 1. The average Bonchev–Trinajstić information content (AvgIpc) is 3.57. The summed E-state index contributed by atoms with van der Waals surface area (Å²) in [4.78, 5) is 25.7. The number of H-pyrrole nitrogens is 1. The smallest absolute Gasteiger partial charge is 0.227 e. The fourth-order valence-electron chi connectivity index (χ4n) is 6.72. The van der Waals surface area contributed by atoms with Crippen LogP contribution in [0.3, 0.4) is 0 Å². The zero-order valence-corrected chi connectivity index (χ0v) is 18.4. The minimum Gasteiger partial charge on any atom is -0.353 e. The monoisotopic (exact) mass is 430 g/mol. The van der Waals surface area contributed by atoms with Crippen LogP contribution in [0.5, 0.6) is 0 Å². The van der Waals surface area contributed by atoms with Gasteiger partial charge in [0.25, 0.3) is 0 Å². The van der Waals surface area contributed by atoms with E-state index in [2.05, 4.69) is 32.0 Å². The topological polar surface area (TPSA) is 99.4 Å². The van der Waals surface area contributed by atoms with E-state index in [1.807, 2.05) is 12.4 Å². The number of rotatable bonds is 5. The number of imidazole rings is 1. The molecule has 7 heteroatoms. The van der Waals surface area contributed by atoms with E-state index in [4.69, 9.17) is 10.2 Å². The molecule has 2 bridgehead atoms. The molecule has 0 radical (unpaired) electrons. The van der Waals surface area contributed by atoms with Crippen molar-refractivity contribution in [1.82, 2.24) is 24.8 Å². The van der Waals surface area contributed by atoms with E-state index >= 15 is 0 Å². The Balaban J connectivity index is 1.31. The molecule has 0 spiro atoms. The molecule has 1 amide bonds. The van der Waals surface area contributed by atoms with Gasteiger partial charge in [0, 0.05) is 30.1 Å². The molecule has 2 N–H and O–H groups in total. The zero-order valence-electron chi connectivity index (χ0n) is 18.4. The fraction of sp³-hybridized carbons (Fsp3) is 0.600. The van der Waals surface area contributed by atoms with Crippen LogP contribution in [-0.4, -0.2) is 31.5 Å². The quantitative estimate of drug-likeness (QED) is 0.626. The number of pyridine rings is 1. The van der Waals surface area contributed by atoms with Crippen LogP contribution in [0.15, 0.2) is 18.5 Å². The molecule has 3 aromatic heterocycles. The molecule has 7 nitrogen and oxygen atoms in total. The number of aromatic nitrogens is 4. The summed E-state index contributed by atoms with van der Waals surface area (Å²) < 4.78 is 2.33. The van der Waals surface area contributed by atoms with E-state index in [1.165, 1.54) is 19.3 Å². The Labute approximate surface area is 187 Å². The summed E-state index contributed by atoms with van der Waals surface area (Å²) in [5, 5.41) is 13.5. The lowest BCUT2D eigenvalue weighted by Gasteiger charge is -2.30. The van der Waals surface area contributed by atoms with Crippen molar-refractivity contribution >= 4 is 28.0 Å². The van der Waals surface area contributed by atoms with Crippen molar-refractivity contribution in [2.24, 2.45) is 17.8 Å². The molecule has 3 fully saturated rings. The van der Waals surface area contributed by atoms with Gasteiger partial charge in [-0.15, -0.1) is 0 Å². The molecular weight excluding hydrogens is 400 g/mol. The second-order valence-electron chi connectivity index (χ2n) is 10.2. The molecule has 166 valence electrons. The lowest BCUT2D eigenvalue weighted by atomic mass is 9.84. The van der Waals surface area contributed by atoms with Gasteiger partial charge in [0.05, 0.1) is 24.2 Å². The highest BCUT2D eigenvalue weighted by molar-refractivity contribution is 6.01. The van der Waals surface area contributed by atoms with Gasteiger partial charge in [0.15, 0.2) is 0 Å². The molecular formula is C25H30N6O. The highest BCUT2D eigenvalue weighted by atomic mass is 16.1. The van der Waals surface area contributed by atoms with Gasteiger partial charge < -0.3 is 14.9 Å². The van der Waals surface area contributed by atoms with Crippen molar-refractivity contribution in [1.29, 1.82) is 5.26 Å². The highest BCUT2D eigenvalue weighted by Crippen LogP contribution is 2.44. The van der Waals surface area contributed by atoms with E-state index in [9.17, 15) is 4.79 Å². The predicted molar refractivity (Wildman–Crippen MR) is 122 cm³/mol. The number of nitrogens with zero attached hydrogens (tertiary/aromatic N) is 4. The van der Waals surface area contributed by atoms with E-state index in [-0.39, 0.29) is 5.91 Å². The Hall–Kier alpha value is -2.88. The summed E-state index contributed by atoms with van der Waals surface area (Å²) in [6.45, 7) is 0. The average molecular weight is 431 g/mol. The van der Waals surface area contributed by atoms with Gasteiger partial charge in [-0.2, -0.15) is 5.26 Å². The summed E-state index contributed by atoms with van der Waals surface area (Å²) in [6.07, 6.45) is 13.9. The van der Waals surface area contributed by atoms with E-state index in [0.29, 0.717) is 36.8 Å². The second kappa shape index (κ2) is 7.91. The van der Waals surface area contributed by atoms with Gasteiger partial charge in [-0.25, -0.2) is 9.97 Å². The first-order valence-electron chi connectivity index (χ1n) is 12.2. The lowest BCUT2D eigenvalue weighted by Crippen LogP contribution is -2.39. The number of hydrogen-bond acceptors (Lipinski definition) is 4. The third-order valence-electron chi connectivity index (χ3n) is 8.27. The maximum Gasteiger partial charge on any atom is 0.227 e. The first-order valence-corrected chi connectivity index (χ1v) is 12.2. The molecule has 1 unspecified atom stereocenters. The molecule has 0 aromatic carbocycles. The van der Waals surface area contributed by atoms with E-state index < -0.39 is 0 Å². The van der Waals surface area contributed by atoms with Crippen LogP contribution in [-0.2, 0) is 11.2 Å². The molecule has 3 saturated carbocycles. The Morgan fingerprint density at radius 1 is 1.22 bits per heavy atom. The molecule has 0 aliphatic heterocycles. The van der Waals surface area contributed by atoms with Gasteiger partial charge in [0.2, 0.25) is 5.91 Å². The number of carbonyl (C=O) groups excluding carboxylic acids is 1. The van der Waals surface area contributed by atoms with Crippen LogP contribution >= 0.6 is 0 Å². The Bertz CT molecular complexity index is 1190. The van der Waals surface area contributed by atoms with Crippen LogP contribution in [0, 0.1) is 29.1 Å². The second-order valence-corrected chi connectivity index (χ2v) is 10.2. The number of nitrogens with one attached hydrogen (secondary N) is 2. The van der Waals surface area contributed by atoms with Crippen molar-refractivity contribution in [3.63, 3.8) is 0 Å². The van der Waals surface area contributed by atoms with E-state index in [1.54, 1.807) is 0 Å². The fourth-order valence-corrected chi connectivity index (χ4v) is 6.72. The SMILES string of the molecule is N#CC[C@H]1CC[C@H](n2c(CC(=O)NC3C[C@@H]4CC[C@H]3C4)nc3cnc4[nH]ccc4c32)CC1. The van der Waals surface area contributed by atoms with Crippen molar-refractivity contribution in [2.45, 2.75) is 76.3 Å². The lowest BCUT2D eigenvalue weighted by molar-refractivity contribution is -0.121. The van der Waals surface area contributed by atoms with Crippen LogP contribution in [0.4, 0.5) is 0 Å². The van der Waals surface area contributed by atoms with E-state index in [0.717, 1.165) is 65.9 Å². The predicted octanol–water partition coefficient (Wildman–Crippen LogP) is 4.40. The van der Waals surface area contributed by atoms with Gasteiger partial charge in [-0.1, -0.05) is 6.42 Å². The number of fused-ring (bicyclic) bond motifs is 5. The number of hydrogen-bond donors (Lipinski definition) is 2. The van der Waals surface area contributed by atoms with Crippen molar-refractivity contribution < 1.29 is 4.79 Å². The Kier molecular flexibility index (Phi) is 4.89. The summed E-state index contributed by atoms with van der Waals surface area (Å²) >= 11 is 0. The first-order chi connectivity index (χ1) is 15.7. The highest BCUT2D eigenvalue weighted by Gasteiger charge is 2.40. The number of carbonyl (C=O) groups is 1. The summed E-state index contributed by atoms with van der Waals surface area (Å²) in [5.74, 6) is 2.91.